The number of hydrogen-bond donors (Lipinski definition) is 1. The topological polar surface area (TPSA) is 44.8 Å². The molecule has 134 valence electrons. The van der Waals surface area contributed by atoms with E-state index in [1.165, 1.54) is 5.56 Å². The number of methoxy groups -OCH3 is 1. The Morgan fingerprint density at radius 2 is 1.92 bits per heavy atom. The molecule has 0 unspecified atom stereocenters. The maximum Gasteiger partial charge on any atom is 0.251 e. The lowest BCUT2D eigenvalue weighted by atomic mass is 10.1. The van der Waals surface area contributed by atoms with Gasteiger partial charge in [-0.2, -0.15) is 11.3 Å². The average molecular weight is 359 g/mol. The maximum atomic E-state index is 12.5. The van der Waals surface area contributed by atoms with Crippen molar-refractivity contribution in [2.24, 2.45) is 0 Å². The van der Waals surface area contributed by atoms with Gasteiger partial charge < -0.3 is 15.0 Å². The molecule has 0 saturated carbocycles. The minimum atomic E-state index is -0.0444. The van der Waals surface area contributed by atoms with Gasteiger partial charge in [0.1, 0.15) is 5.75 Å². The van der Waals surface area contributed by atoms with Gasteiger partial charge in [0, 0.05) is 38.3 Å². The van der Waals surface area contributed by atoms with Gasteiger partial charge in [-0.1, -0.05) is 0 Å². The molecule has 1 fully saturated rings. The number of thiophene rings is 1. The fourth-order valence-corrected chi connectivity index (χ4v) is 3.80. The quantitative estimate of drug-likeness (QED) is 0.861. The second-order valence-corrected chi connectivity index (χ2v) is 7.13. The second-order valence-electron chi connectivity index (χ2n) is 6.35. The number of rotatable bonds is 6. The summed E-state index contributed by atoms with van der Waals surface area (Å²) < 4.78 is 5.14. The largest absolute Gasteiger partial charge is 0.497 e. The maximum absolute atomic E-state index is 12.5. The Morgan fingerprint density at radius 1 is 1.20 bits per heavy atom. The van der Waals surface area contributed by atoms with Crippen molar-refractivity contribution in [1.29, 1.82) is 0 Å². The van der Waals surface area contributed by atoms with Crippen LogP contribution in [0.2, 0.25) is 0 Å². The molecular weight excluding hydrogens is 334 g/mol. The smallest absolute Gasteiger partial charge is 0.251 e. The summed E-state index contributed by atoms with van der Waals surface area (Å²) in [6.07, 6.45) is 0. The van der Waals surface area contributed by atoms with E-state index in [0.717, 1.165) is 31.9 Å². The summed E-state index contributed by atoms with van der Waals surface area (Å²) in [6.45, 7) is 4.79. The zero-order valence-corrected chi connectivity index (χ0v) is 15.6. The van der Waals surface area contributed by atoms with Crippen molar-refractivity contribution in [3.63, 3.8) is 0 Å². The Hall–Kier alpha value is -1.89. The summed E-state index contributed by atoms with van der Waals surface area (Å²) in [7, 11) is 3.78. The lowest BCUT2D eigenvalue weighted by molar-refractivity contribution is 0.0886. The van der Waals surface area contributed by atoms with Crippen LogP contribution < -0.4 is 10.1 Å². The minimum Gasteiger partial charge on any atom is -0.497 e. The summed E-state index contributed by atoms with van der Waals surface area (Å²) in [4.78, 5) is 17.3. The Kier molecular flexibility index (Phi) is 6.07. The molecule has 0 aliphatic carbocycles. The summed E-state index contributed by atoms with van der Waals surface area (Å²) in [6, 6.07) is 9.60. The highest BCUT2D eigenvalue weighted by Crippen LogP contribution is 2.24. The molecule has 3 rings (SSSR count). The molecule has 1 aliphatic heterocycles. The van der Waals surface area contributed by atoms with Crippen LogP contribution >= 0.6 is 11.3 Å². The van der Waals surface area contributed by atoms with E-state index in [-0.39, 0.29) is 11.9 Å². The number of benzene rings is 1. The van der Waals surface area contributed by atoms with Gasteiger partial charge in [-0.25, -0.2) is 0 Å². The number of ether oxygens (including phenoxy) is 1. The van der Waals surface area contributed by atoms with Gasteiger partial charge in [-0.3, -0.25) is 9.69 Å². The highest BCUT2D eigenvalue weighted by Gasteiger charge is 2.24. The van der Waals surface area contributed by atoms with Crippen molar-refractivity contribution >= 4 is 17.2 Å². The van der Waals surface area contributed by atoms with Crippen LogP contribution in [-0.4, -0.2) is 62.6 Å². The zero-order valence-electron chi connectivity index (χ0n) is 14.8. The standard InChI is InChI=1S/C19H25N3O2S/c1-21-8-10-22(11-9-21)18(16-7-12-25-14-16)13-20-19(23)15-3-5-17(24-2)6-4-15/h3-7,12,14,18H,8-11,13H2,1-2H3,(H,20,23)/t18-/m0/s1. The van der Waals surface area contributed by atoms with Gasteiger partial charge >= 0.3 is 0 Å². The highest BCUT2D eigenvalue weighted by molar-refractivity contribution is 7.07. The normalized spacial score (nSPS) is 17.2. The number of nitrogens with one attached hydrogen (secondary N) is 1. The first-order chi connectivity index (χ1) is 12.2. The number of carbonyl (C=O) groups is 1. The number of likely N-dealkylation sites (N-methyl/N-ethyl adjacent to an activating group) is 1. The van der Waals surface area contributed by atoms with Gasteiger partial charge in [0.25, 0.3) is 5.91 Å². The Morgan fingerprint density at radius 3 is 2.52 bits per heavy atom. The zero-order chi connectivity index (χ0) is 17.6. The molecular formula is C19H25N3O2S. The van der Waals surface area contributed by atoms with E-state index in [0.29, 0.717) is 12.1 Å². The van der Waals surface area contributed by atoms with E-state index in [1.807, 2.05) is 12.1 Å². The number of amides is 1. The Labute approximate surface area is 153 Å². The predicted molar refractivity (Wildman–Crippen MR) is 101 cm³/mol. The van der Waals surface area contributed by atoms with Crippen LogP contribution in [0.15, 0.2) is 41.1 Å². The molecule has 1 aliphatic rings. The summed E-state index contributed by atoms with van der Waals surface area (Å²) in [5.74, 6) is 0.710. The molecule has 1 atom stereocenters. The van der Waals surface area contributed by atoms with E-state index >= 15 is 0 Å². The van der Waals surface area contributed by atoms with E-state index < -0.39 is 0 Å². The molecule has 2 aromatic rings. The van der Waals surface area contributed by atoms with Gasteiger partial charge in [-0.15, -0.1) is 0 Å². The molecule has 1 aromatic carbocycles. The monoisotopic (exact) mass is 359 g/mol. The van der Waals surface area contributed by atoms with Gasteiger partial charge in [0.15, 0.2) is 0 Å². The van der Waals surface area contributed by atoms with Crippen LogP contribution in [0.3, 0.4) is 0 Å². The average Bonchev–Trinajstić information content (AvgIpc) is 3.17. The molecule has 1 aromatic heterocycles. The van der Waals surface area contributed by atoms with Crippen molar-refractivity contribution in [3.8, 4) is 5.75 Å². The fraction of sp³-hybridized carbons (Fsp3) is 0.421. The molecule has 1 amide bonds. The highest BCUT2D eigenvalue weighted by atomic mass is 32.1. The van der Waals surface area contributed by atoms with Crippen molar-refractivity contribution in [2.75, 3.05) is 46.9 Å². The summed E-state index contributed by atoms with van der Waals surface area (Å²) in [5, 5.41) is 7.39. The predicted octanol–water partition coefficient (Wildman–Crippen LogP) is 2.48. The van der Waals surface area contributed by atoms with Crippen LogP contribution in [-0.2, 0) is 0 Å². The molecule has 0 spiro atoms. The summed E-state index contributed by atoms with van der Waals surface area (Å²) in [5.41, 5.74) is 1.94. The molecule has 0 radical (unpaired) electrons. The number of hydrogen-bond acceptors (Lipinski definition) is 5. The fourth-order valence-electron chi connectivity index (χ4n) is 3.09. The molecule has 1 N–H and O–H groups in total. The first kappa shape index (κ1) is 17.9. The van der Waals surface area contributed by atoms with Crippen LogP contribution in [0.5, 0.6) is 5.75 Å². The Bertz CT molecular complexity index is 664. The molecule has 5 nitrogen and oxygen atoms in total. The molecule has 1 saturated heterocycles. The lowest BCUT2D eigenvalue weighted by Crippen LogP contribution is -2.48. The number of nitrogens with zero attached hydrogens (tertiary/aromatic N) is 2. The number of carbonyl (C=O) groups excluding carboxylic acids is 1. The lowest BCUT2D eigenvalue weighted by Gasteiger charge is -2.38. The SMILES string of the molecule is COc1ccc(C(=O)NC[C@@H](c2ccsc2)N2CCN(C)CC2)cc1. The second kappa shape index (κ2) is 8.47. The Balaban J connectivity index is 1.64. The van der Waals surface area contributed by atoms with Crippen LogP contribution in [0, 0.1) is 0 Å². The van der Waals surface area contributed by atoms with Crippen molar-refractivity contribution in [3.05, 3.63) is 52.2 Å². The van der Waals surface area contributed by atoms with Crippen LogP contribution in [0.25, 0.3) is 0 Å². The first-order valence-electron chi connectivity index (χ1n) is 8.54. The van der Waals surface area contributed by atoms with Gasteiger partial charge in [0.05, 0.1) is 13.2 Å². The van der Waals surface area contributed by atoms with Crippen LogP contribution in [0.4, 0.5) is 0 Å². The van der Waals surface area contributed by atoms with Crippen molar-refractivity contribution < 1.29 is 9.53 Å². The van der Waals surface area contributed by atoms with E-state index in [1.54, 1.807) is 30.6 Å². The molecule has 25 heavy (non-hydrogen) atoms. The molecule has 0 bridgehead atoms. The first-order valence-corrected chi connectivity index (χ1v) is 9.48. The minimum absolute atomic E-state index is 0.0444. The molecule has 2 heterocycles. The van der Waals surface area contributed by atoms with Crippen molar-refractivity contribution in [1.82, 2.24) is 15.1 Å². The third-order valence-electron chi connectivity index (χ3n) is 4.71. The van der Waals surface area contributed by atoms with Crippen molar-refractivity contribution in [2.45, 2.75) is 6.04 Å². The van der Waals surface area contributed by atoms with Crippen LogP contribution in [0.1, 0.15) is 22.0 Å². The number of piperazine rings is 1. The molecule has 6 heteroatoms. The third-order valence-corrected chi connectivity index (χ3v) is 5.42. The third kappa shape index (κ3) is 4.60. The van der Waals surface area contributed by atoms with E-state index in [2.05, 4.69) is 39.0 Å². The van der Waals surface area contributed by atoms with Gasteiger partial charge in [0.2, 0.25) is 0 Å². The van der Waals surface area contributed by atoms with E-state index in [4.69, 9.17) is 4.74 Å². The van der Waals surface area contributed by atoms with Gasteiger partial charge in [-0.05, 0) is 53.7 Å². The van der Waals surface area contributed by atoms with E-state index in [9.17, 15) is 4.79 Å². The summed E-state index contributed by atoms with van der Waals surface area (Å²) >= 11 is 1.70.